The van der Waals surface area contributed by atoms with Crippen molar-refractivity contribution in [2.24, 2.45) is 0 Å². The third-order valence-corrected chi connectivity index (χ3v) is 4.74. The molecule has 0 aliphatic carbocycles. The molecule has 0 spiro atoms. The van der Waals surface area contributed by atoms with E-state index < -0.39 is 42.9 Å². The van der Waals surface area contributed by atoms with Crippen LogP contribution in [0.15, 0.2) is 60.7 Å². The third kappa shape index (κ3) is 6.00. The number of hydrogen-bond acceptors (Lipinski definition) is 5. The number of halogens is 2. The molecule has 2 aromatic carbocycles. The van der Waals surface area contributed by atoms with E-state index in [1.54, 1.807) is 54.6 Å². The van der Waals surface area contributed by atoms with Gasteiger partial charge in [0, 0.05) is 13.0 Å². The maximum Gasteiger partial charge on any atom is 0.410 e. The molecule has 164 valence electrons. The monoisotopic (exact) mass is 432 g/mol. The van der Waals surface area contributed by atoms with Crippen molar-refractivity contribution >= 4 is 18.0 Å². The van der Waals surface area contributed by atoms with Gasteiger partial charge in [0.15, 0.2) is 6.04 Å². The Hall–Kier alpha value is -3.49. The van der Waals surface area contributed by atoms with E-state index in [4.69, 9.17) is 9.47 Å². The first-order chi connectivity index (χ1) is 14.9. The number of likely N-dealkylation sites (tertiary alicyclic amines) is 1. The number of nitrogens with one attached hydrogen (secondary N) is 1. The molecule has 1 fully saturated rings. The number of benzene rings is 2. The fraction of sp³-hybridized carbons (Fsp3) is 0.318. The van der Waals surface area contributed by atoms with E-state index in [9.17, 15) is 23.2 Å². The highest BCUT2D eigenvalue weighted by atomic mass is 19.3. The molecular weight excluding hydrogens is 410 g/mol. The van der Waals surface area contributed by atoms with Crippen LogP contribution < -0.4 is 5.32 Å². The standard InChI is InChI=1S/C22H22F2N2O5/c23-22(24)11-12-26(21(29)31-15-17-9-5-2-6-10-17)19(22)20(28)25-13-18(27)30-14-16-7-3-1-4-8-16/h1-10,19H,11-15H2,(H,25,28). The van der Waals surface area contributed by atoms with E-state index >= 15 is 0 Å². The Kier molecular flexibility index (Phi) is 7.17. The van der Waals surface area contributed by atoms with Gasteiger partial charge in [-0.25, -0.2) is 13.6 Å². The Morgan fingerprint density at radius 3 is 2.06 bits per heavy atom. The van der Waals surface area contributed by atoms with Crippen LogP contribution in [0, 0.1) is 0 Å². The molecule has 0 saturated carbocycles. The molecule has 7 nitrogen and oxygen atoms in total. The second kappa shape index (κ2) is 10.0. The summed E-state index contributed by atoms with van der Waals surface area (Å²) in [6.45, 7) is -1.04. The van der Waals surface area contributed by atoms with E-state index in [2.05, 4.69) is 5.32 Å². The molecule has 1 saturated heterocycles. The van der Waals surface area contributed by atoms with Gasteiger partial charge in [0.05, 0.1) is 0 Å². The highest BCUT2D eigenvalue weighted by molar-refractivity contribution is 5.89. The predicted octanol–water partition coefficient (Wildman–Crippen LogP) is 2.89. The Morgan fingerprint density at radius 2 is 1.48 bits per heavy atom. The van der Waals surface area contributed by atoms with Crippen molar-refractivity contribution in [1.29, 1.82) is 0 Å². The summed E-state index contributed by atoms with van der Waals surface area (Å²) in [4.78, 5) is 37.2. The average Bonchev–Trinajstić information content (AvgIpc) is 3.11. The van der Waals surface area contributed by atoms with Gasteiger partial charge in [-0.3, -0.25) is 14.5 Å². The fourth-order valence-corrected chi connectivity index (χ4v) is 3.14. The lowest BCUT2D eigenvalue weighted by molar-refractivity contribution is -0.147. The average molecular weight is 432 g/mol. The van der Waals surface area contributed by atoms with E-state index in [-0.39, 0.29) is 19.8 Å². The molecule has 0 bridgehead atoms. The van der Waals surface area contributed by atoms with Gasteiger partial charge < -0.3 is 14.8 Å². The molecule has 3 rings (SSSR count). The first kappa shape index (κ1) is 22.2. The van der Waals surface area contributed by atoms with Gasteiger partial charge in [-0.15, -0.1) is 0 Å². The summed E-state index contributed by atoms with van der Waals surface area (Å²) in [6, 6.07) is 15.5. The van der Waals surface area contributed by atoms with Crippen LogP contribution in [0.1, 0.15) is 17.5 Å². The molecule has 1 unspecified atom stereocenters. The molecule has 1 heterocycles. The fourth-order valence-electron chi connectivity index (χ4n) is 3.14. The molecule has 1 aliphatic heterocycles. The van der Waals surface area contributed by atoms with Crippen molar-refractivity contribution in [3.05, 3.63) is 71.8 Å². The van der Waals surface area contributed by atoms with Gasteiger partial charge in [-0.1, -0.05) is 60.7 Å². The lowest BCUT2D eigenvalue weighted by Crippen LogP contribution is -2.53. The van der Waals surface area contributed by atoms with Gasteiger partial charge in [0.25, 0.3) is 5.92 Å². The normalized spacial score (nSPS) is 17.1. The Labute approximate surface area is 177 Å². The Balaban J connectivity index is 1.52. The van der Waals surface area contributed by atoms with Gasteiger partial charge in [-0.05, 0) is 11.1 Å². The maximum atomic E-state index is 14.3. The predicted molar refractivity (Wildman–Crippen MR) is 106 cm³/mol. The summed E-state index contributed by atoms with van der Waals surface area (Å²) >= 11 is 0. The molecule has 1 N–H and O–H groups in total. The number of rotatable bonds is 7. The van der Waals surface area contributed by atoms with Gasteiger partial charge in [-0.2, -0.15) is 0 Å². The summed E-state index contributed by atoms with van der Waals surface area (Å²) in [6.07, 6.45) is -1.70. The number of nitrogens with zero attached hydrogens (tertiary/aromatic N) is 1. The summed E-state index contributed by atoms with van der Waals surface area (Å²) < 4.78 is 38.7. The summed E-state index contributed by atoms with van der Waals surface area (Å²) in [7, 11) is 0. The zero-order valence-corrected chi connectivity index (χ0v) is 16.6. The number of alkyl halides is 2. The van der Waals surface area contributed by atoms with Gasteiger partial charge >= 0.3 is 12.1 Å². The molecule has 1 atom stereocenters. The molecule has 1 aliphatic rings. The molecular formula is C22H22F2N2O5. The Morgan fingerprint density at radius 1 is 0.935 bits per heavy atom. The highest BCUT2D eigenvalue weighted by Crippen LogP contribution is 2.34. The van der Waals surface area contributed by atoms with E-state index in [0.29, 0.717) is 10.5 Å². The number of carbonyl (C=O) groups excluding carboxylic acids is 3. The zero-order valence-electron chi connectivity index (χ0n) is 16.6. The number of amides is 2. The molecule has 2 amide bonds. The van der Waals surface area contributed by atoms with Gasteiger partial charge in [0.2, 0.25) is 5.91 Å². The van der Waals surface area contributed by atoms with Gasteiger partial charge in [0.1, 0.15) is 19.8 Å². The van der Waals surface area contributed by atoms with Crippen molar-refractivity contribution in [2.75, 3.05) is 13.1 Å². The van der Waals surface area contributed by atoms with Crippen LogP contribution in [0.2, 0.25) is 0 Å². The zero-order chi connectivity index (χ0) is 22.3. The molecule has 9 heteroatoms. The minimum Gasteiger partial charge on any atom is -0.460 e. The lowest BCUT2D eigenvalue weighted by Gasteiger charge is -2.26. The van der Waals surface area contributed by atoms with Crippen molar-refractivity contribution in [1.82, 2.24) is 10.2 Å². The van der Waals surface area contributed by atoms with E-state index in [1.807, 2.05) is 6.07 Å². The second-order valence-electron chi connectivity index (χ2n) is 7.01. The Bertz CT molecular complexity index is 909. The van der Waals surface area contributed by atoms with Crippen molar-refractivity contribution in [3.8, 4) is 0 Å². The summed E-state index contributed by atoms with van der Waals surface area (Å²) in [5, 5.41) is 2.13. The smallest absolute Gasteiger partial charge is 0.410 e. The van der Waals surface area contributed by atoms with Crippen LogP contribution >= 0.6 is 0 Å². The van der Waals surface area contributed by atoms with Crippen LogP contribution in [0.25, 0.3) is 0 Å². The number of carbonyl (C=O) groups is 3. The van der Waals surface area contributed by atoms with Crippen LogP contribution in [-0.2, 0) is 32.3 Å². The van der Waals surface area contributed by atoms with Crippen molar-refractivity contribution < 1.29 is 32.6 Å². The number of hydrogen-bond donors (Lipinski definition) is 1. The second-order valence-corrected chi connectivity index (χ2v) is 7.01. The number of ether oxygens (including phenoxy) is 2. The lowest BCUT2D eigenvalue weighted by atomic mass is 10.1. The quantitative estimate of drug-likeness (QED) is 0.680. The molecule has 0 aromatic heterocycles. The molecule has 0 radical (unpaired) electrons. The first-order valence-corrected chi connectivity index (χ1v) is 9.69. The summed E-state index contributed by atoms with van der Waals surface area (Å²) in [5.41, 5.74) is 1.43. The SMILES string of the molecule is O=C(CNC(=O)C1N(C(=O)OCc2ccccc2)CCC1(F)F)OCc1ccccc1. The van der Waals surface area contributed by atoms with Crippen molar-refractivity contribution in [2.45, 2.75) is 31.6 Å². The minimum absolute atomic E-state index is 0.00688. The topological polar surface area (TPSA) is 84.9 Å². The van der Waals surface area contributed by atoms with Crippen LogP contribution in [0.3, 0.4) is 0 Å². The van der Waals surface area contributed by atoms with E-state index in [1.165, 1.54) is 0 Å². The third-order valence-electron chi connectivity index (χ3n) is 4.74. The first-order valence-electron chi connectivity index (χ1n) is 9.69. The highest BCUT2D eigenvalue weighted by Gasteiger charge is 2.55. The maximum absolute atomic E-state index is 14.3. The largest absolute Gasteiger partial charge is 0.460 e. The molecule has 31 heavy (non-hydrogen) atoms. The minimum atomic E-state index is -3.44. The van der Waals surface area contributed by atoms with E-state index in [0.717, 1.165) is 5.56 Å². The summed E-state index contributed by atoms with van der Waals surface area (Å²) in [5.74, 6) is -5.36. The van der Waals surface area contributed by atoms with Crippen LogP contribution in [0.4, 0.5) is 13.6 Å². The van der Waals surface area contributed by atoms with Crippen LogP contribution in [0.5, 0.6) is 0 Å². The van der Waals surface area contributed by atoms with Crippen LogP contribution in [-0.4, -0.2) is 47.9 Å². The van der Waals surface area contributed by atoms with Crippen molar-refractivity contribution in [3.63, 3.8) is 0 Å². The number of esters is 1. The molecule has 2 aromatic rings.